The molecule has 0 bridgehead atoms. The lowest BCUT2D eigenvalue weighted by atomic mass is 10.0. The molecule has 0 saturated carbocycles. The molecular weight excluding hydrogens is 382 g/mol. The molecule has 1 aliphatic carbocycles. The highest BCUT2D eigenvalue weighted by atomic mass is 32.2. The van der Waals surface area contributed by atoms with E-state index < -0.39 is 4.92 Å². The maximum atomic E-state index is 13.1. The highest BCUT2D eigenvalue weighted by Gasteiger charge is 2.36. The number of anilines is 1. The third-order valence-corrected chi connectivity index (χ3v) is 6.52. The molecule has 2 aliphatic rings. The fraction of sp³-hybridized carbons (Fsp3) is 0.158. The van der Waals surface area contributed by atoms with Crippen molar-refractivity contribution in [3.05, 3.63) is 77.0 Å². The first-order valence-corrected chi connectivity index (χ1v) is 10.2. The molecule has 0 N–H and O–H groups in total. The first kappa shape index (κ1) is 17.8. The Bertz CT molecular complexity index is 943. The van der Waals surface area contributed by atoms with Crippen LogP contribution in [0, 0.1) is 10.1 Å². The van der Waals surface area contributed by atoms with Crippen molar-refractivity contribution in [2.75, 3.05) is 10.7 Å². The van der Waals surface area contributed by atoms with Crippen molar-refractivity contribution in [2.45, 2.75) is 21.2 Å². The van der Waals surface area contributed by atoms with Gasteiger partial charge in [-0.05, 0) is 18.2 Å². The summed E-state index contributed by atoms with van der Waals surface area (Å²) in [5, 5.41) is 11.5. The molecule has 27 heavy (non-hydrogen) atoms. The fourth-order valence-electron chi connectivity index (χ4n) is 3.05. The number of hydrogen-bond acceptors (Lipinski definition) is 6. The average molecular weight is 397 g/mol. The minimum Gasteiger partial charge on any atom is -0.302 e. The van der Waals surface area contributed by atoms with Crippen molar-refractivity contribution in [1.82, 2.24) is 4.98 Å². The fourth-order valence-corrected chi connectivity index (χ4v) is 5.01. The molecule has 8 heteroatoms. The first-order valence-electron chi connectivity index (χ1n) is 8.29. The zero-order valence-corrected chi connectivity index (χ0v) is 15.7. The van der Waals surface area contributed by atoms with Crippen molar-refractivity contribution in [1.29, 1.82) is 0 Å². The number of carbonyl (C=O) groups is 1. The predicted octanol–water partition coefficient (Wildman–Crippen LogP) is 4.08. The number of benzene rings is 1. The summed E-state index contributed by atoms with van der Waals surface area (Å²) in [7, 11) is 0. The van der Waals surface area contributed by atoms with Crippen LogP contribution in [0.25, 0.3) is 0 Å². The average Bonchev–Trinajstić information content (AvgIpc) is 2.70. The molecule has 0 saturated heterocycles. The summed E-state index contributed by atoms with van der Waals surface area (Å²) >= 11 is 3.05. The quantitative estimate of drug-likeness (QED) is 0.439. The molecular formula is C19H15N3O3S2. The van der Waals surface area contributed by atoms with Crippen LogP contribution in [0.2, 0.25) is 0 Å². The summed E-state index contributed by atoms with van der Waals surface area (Å²) in [5.41, 5.74) is 0.862. The predicted molar refractivity (Wildman–Crippen MR) is 107 cm³/mol. The summed E-state index contributed by atoms with van der Waals surface area (Å²) in [5.74, 6) is 0.202. The van der Waals surface area contributed by atoms with E-state index in [-0.39, 0.29) is 28.6 Å². The molecule has 6 nitrogen and oxygen atoms in total. The van der Waals surface area contributed by atoms with Gasteiger partial charge in [0.2, 0.25) is 5.91 Å². The van der Waals surface area contributed by atoms with Gasteiger partial charge in [-0.3, -0.25) is 14.9 Å². The zero-order valence-electron chi connectivity index (χ0n) is 14.1. The molecule has 0 radical (unpaired) electrons. The molecule has 136 valence electrons. The number of allylic oxidation sites excluding steroid dienone is 2. The van der Waals surface area contributed by atoms with Gasteiger partial charge < -0.3 is 4.90 Å². The van der Waals surface area contributed by atoms with Gasteiger partial charge in [0.1, 0.15) is 6.20 Å². The van der Waals surface area contributed by atoms with E-state index in [1.54, 1.807) is 17.8 Å². The van der Waals surface area contributed by atoms with E-state index >= 15 is 0 Å². The van der Waals surface area contributed by atoms with E-state index in [1.807, 2.05) is 41.3 Å². The van der Waals surface area contributed by atoms with Crippen LogP contribution in [0.3, 0.4) is 0 Å². The van der Waals surface area contributed by atoms with Gasteiger partial charge in [0.05, 0.1) is 32.7 Å². The van der Waals surface area contributed by atoms with Crippen LogP contribution in [0.4, 0.5) is 11.4 Å². The normalized spacial score (nSPS) is 20.1. The monoisotopic (exact) mass is 397 g/mol. The van der Waals surface area contributed by atoms with Crippen LogP contribution in [0.1, 0.15) is 0 Å². The Hall–Kier alpha value is -2.58. The smallest absolute Gasteiger partial charge is 0.287 e. The number of amides is 1. The number of para-hydroxylation sites is 1. The number of pyridine rings is 1. The molecule has 0 spiro atoms. The number of hydrogen-bond donors (Lipinski definition) is 0. The van der Waals surface area contributed by atoms with Gasteiger partial charge in [-0.15, -0.1) is 11.8 Å². The number of fused-ring (bicyclic) bond motifs is 2. The Kier molecular flexibility index (Phi) is 5.00. The van der Waals surface area contributed by atoms with Gasteiger partial charge in [0, 0.05) is 11.0 Å². The number of nitrogens with zero attached hydrogens (tertiary/aromatic N) is 3. The van der Waals surface area contributed by atoms with Crippen LogP contribution >= 0.6 is 23.5 Å². The highest BCUT2D eigenvalue weighted by Crippen LogP contribution is 2.43. The van der Waals surface area contributed by atoms with Crippen molar-refractivity contribution in [3.63, 3.8) is 0 Å². The molecule has 2 aromatic rings. The highest BCUT2D eigenvalue weighted by molar-refractivity contribution is 8.00. The Morgan fingerprint density at radius 3 is 2.81 bits per heavy atom. The minimum atomic E-state index is -0.488. The van der Waals surface area contributed by atoms with E-state index in [4.69, 9.17) is 0 Å². The standard InChI is InChI=1S/C19H15N3O3S2/c23-19(12-26-18-10-9-13(11-20-18)22(24)25)21-14-5-1-3-7-16(14)27-17-8-4-2-6-15(17)21/h1-11,14,16H,12H2/t14-,16+/m0/s1. The van der Waals surface area contributed by atoms with Crippen molar-refractivity contribution in [2.24, 2.45) is 0 Å². The molecule has 1 aromatic heterocycles. The van der Waals surface area contributed by atoms with Crippen LogP contribution in [0.15, 0.2) is 76.8 Å². The lowest BCUT2D eigenvalue weighted by Crippen LogP contribution is -2.48. The number of aromatic nitrogens is 1. The maximum absolute atomic E-state index is 13.1. The van der Waals surface area contributed by atoms with Gasteiger partial charge in [-0.2, -0.15) is 0 Å². The third-order valence-electron chi connectivity index (χ3n) is 4.29. The summed E-state index contributed by atoms with van der Waals surface area (Å²) in [4.78, 5) is 30.3. The number of rotatable bonds is 4. The molecule has 0 unspecified atom stereocenters. The SMILES string of the molecule is O=C(CSc1ccc([N+](=O)[O-])cn1)N1c2ccccc2S[C@@H]2C=CC=C[C@@H]21. The molecule has 1 amide bonds. The second-order valence-electron chi connectivity index (χ2n) is 5.97. The Labute approximate surface area is 164 Å². The van der Waals surface area contributed by atoms with E-state index in [1.165, 1.54) is 24.0 Å². The lowest BCUT2D eigenvalue weighted by Gasteiger charge is -2.40. The van der Waals surface area contributed by atoms with Gasteiger partial charge in [0.15, 0.2) is 0 Å². The van der Waals surface area contributed by atoms with E-state index in [0.717, 1.165) is 10.6 Å². The van der Waals surface area contributed by atoms with E-state index in [0.29, 0.717) is 5.03 Å². The zero-order chi connectivity index (χ0) is 18.8. The van der Waals surface area contributed by atoms with Crippen LogP contribution in [-0.4, -0.2) is 32.9 Å². The second kappa shape index (κ2) is 7.58. The lowest BCUT2D eigenvalue weighted by molar-refractivity contribution is -0.385. The maximum Gasteiger partial charge on any atom is 0.287 e. The van der Waals surface area contributed by atoms with Crippen molar-refractivity contribution < 1.29 is 9.72 Å². The van der Waals surface area contributed by atoms with Gasteiger partial charge in [0.25, 0.3) is 5.69 Å². The van der Waals surface area contributed by atoms with E-state index in [9.17, 15) is 14.9 Å². The number of nitro groups is 1. The molecule has 1 aliphatic heterocycles. The molecule has 2 atom stereocenters. The molecule has 4 rings (SSSR count). The number of carbonyl (C=O) groups excluding carboxylic acids is 1. The Morgan fingerprint density at radius 1 is 1.22 bits per heavy atom. The van der Waals surface area contributed by atoms with Crippen LogP contribution < -0.4 is 4.90 Å². The number of thioether (sulfide) groups is 2. The van der Waals surface area contributed by atoms with Crippen molar-refractivity contribution in [3.8, 4) is 0 Å². The van der Waals surface area contributed by atoms with Crippen molar-refractivity contribution >= 4 is 40.8 Å². The van der Waals surface area contributed by atoms with Gasteiger partial charge in [-0.1, -0.05) is 48.2 Å². The summed E-state index contributed by atoms with van der Waals surface area (Å²) < 4.78 is 0. The topological polar surface area (TPSA) is 76.3 Å². The Balaban J connectivity index is 1.54. The second-order valence-corrected chi connectivity index (χ2v) is 8.19. The summed E-state index contributed by atoms with van der Waals surface area (Å²) in [6.07, 6.45) is 9.38. The third kappa shape index (κ3) is 3.63. The first-order chi connectivity index (χ1) is 13.1. The summed E-state index contributed by atoms with van der Waals surface area (Å²) in [6, 6.07) is 10.9. The van der Waals surface area contributed by atoms with Crippen LogP contribution in [-0.2, 0) is 4.79 Å². The molecule has 1 aromatic carbocycles. The minimum absolute atomic E-state index is 0.0112. The molecule has 2 heterocycles. The van der Waals surface area contributed by atoms with Gasteiger partial charge in [-0.25, -0.2) is 4.98 Å². The molecule has 0 fully saturated rings. The summed E-state index contributed by atoms with van der Waals surface area (Å²) in [6.45, 7) is 0. The van der Waals surface area contributed by atoms with Gasteiger partial charge >= 0.3 is 0 Å². The Morgan fingerprint density at radius 2 is 2.04 bits per heavy atom. The van der Waals surface area contributed by atoms with Crippen LogP contribution in [0.5, 0.6) is 0 Å². The largest absolute Gasteiger partial charge is 0.302 e. The van der Waals surface area contributed by atoms with E-state index in [2.05, 4.69) is 17.1 Å².